The minimum absolute atomic E-state index is 0.520. The number of hydrazone groups is 1. The fourth-order valence-electron chi connectivity index (χ4n) is 1.69. The largest absolute Gasteiger partial charge is 0.245 e. The van der Waals surface area contributed by atoms with Gasteiger partial charge in [0.15, 0.2) is 0 Å². The molecule has 0 aliphatic heterocycles. The quantitative estimate of drug-likeness (QED) is 0.693. The number of hydrogen-bond acceptors (Lipinski definition) is 4. The Hall–Kier alpha value is -1.75. The van der Waals surface area contributed by atoms with Crippen molar-refractivity contribution in [3.63, 3.8) is 0 Å². The summed E-state index contributed by atoms with van der Waals surface area (Å²) >= 11 is 3.45. The summed E-state index contributed by atoms with van der Waals surface area (Å²) in [6.45, 7) is 5.81. The number of aromatic nitrogens is 2. The third-order valence-corrected chi connectivity index (χ3v) is 3.04. The lowest BCUT2D eigenvalue weighted by atomic mass is 10.1. The Bertz CT molecular complexity index is 602. The minimum atomic E-state index is 0.520. The zero-order valence-corrected chi connectivity index (χ0v) is 12.7. The smallest absolute Gasteiger partial charge is 0.243 e. The molecule has 5 heteroatoms. The summed E-state index contributed by atoms with van der Waals surface area (Å²) < 4.78 is 1.03. The highest BCUT2D eigenvalue weighted by atomic mass is 79.9. The molecule has 1 aromatic heterocycles. The molecule has 0 amide bonds. The summed E-state index contributed by atoms with van der Waals surface area (Å²) in [5.74, 6) is 0.520. The van der Waals surface area contributed by atoms with Crippen LogP contribution >= 0.6 is 15.9 Å². The second kappa shape index (κ2) is 5.93. The fraction of sp³-hybridized carbons (Fsp3) is 0.214. The Kier molecular flexibility index (Phi) is 4.27. The Morgan fingerprint density at radius 1 is 1.16 bits per heavy atom. The van der Waals surface area contributed by atoms with E-state index in [-0.39, 0.29) is 0 Å². The fourth-order valence-corrected chi connectivity index (χ4v) is 2.09. The maximum Gasteiger partial charge on any atom is 0.243 e. The van der Waals surface area contributed by atoms with E-state index in [0.717, 1.165) is 27.1 Å². The van der Waals surface area contributed by atoms with Crippen LogP contribution in [-0.2, 0) is 0 Å². The number of anilines is 1. The summed E-state index contributed by atoms with van der Waals surface area (Å²) in [6.07, 6.45) is 0. The number of nitrogens with one attached hydrogen (secondary N) is 1. The van der Waals surface area contributed by atoms with Crippen molar-refractivity contribution in [2.45, 2.75) is 20.8 Å². The highest BCUT2D eigenvalue weighted by Gasteiger charge is 2.00. The van der Waals surface area contributed by atoms with Crippen LogP contribution in [0.15, 0.2) is 39.9 Å². The molecular formula is C14H15BrN4. The van der Waals surface area contributed by atoms with Crippen LogP contribution in [0, 0.1) is 13.8 Å². The maximum absolute atomic E-state index is 4.31. The van der Waals surface area contributed by atoms with Gasteiger partial charge in [-0.05, 0) is 44.5 Å². The number of rotatable bonds is 3. The average Bonchev–Trinajstić information content (AvgIpc) is 2.35. The number of nitrogens with zero attached hydrogens (tertiary/aromatic N) is 3. The number of halogens is 1. The van der Waals surface area contributed by atoms with Crippen molar-refractivity contribution >= 4 is 27.6 Å². The second-order valence-electron chi connectivity index (χ2n) is 4.29. The van der Waals surface area contributed by atoms with Crippen molar-refractivity contribution in [3.8, 4) is 0 Å². The zero-order chi connectivity index (χ0) is 13.8. The predicted molar refractivity (Wildman–Crippen MR) is 81.5 cm³/mol. The number of hydrogen-bond donors (Lipinski definition) is 1. The first-order valence-electron chi connectivity index (χ1n) is 5.93. The molecule has 98 valence electrons. The third kappa shape index (κ3) is 3.86. The lowest BCUT2D eigenvalue weighted by Crippen LogP contribution is -2.03. The molecule has 2 aromatic rings. The van der Waals surface area contributed by atoms with E-state index < -0.39 is 0 Å². The highest BCUT2D eigenvalue weighted by molar-refractivity contribution is 9.10. The molecule has 0 saturated heterocycles. The predicted octanol–water partition coefficient (Wildman–Crippen LogP) is 3.69. The van der Waals surface area contributed by atoms with Crippen LogP contribution in [0.3, 0.4) is 0 Å². The summed E-state index contributed by atoms with van der Waals surface area (Å²) in [5.41, 5.74) is 6.66. The molecule has 0 unspecified atom stereocenters. The summed E-state index contributed by atoms with van der Waals surface area (Å²) in [6, 6.07) is 9.91. The topological polar surface area (TPSA) is 50.2 Å². The Morgan fingerprint density at radius 2 is 1.84 bits per heavy atom. The molecule has 4 nitrogen and oxygen atoms in total. The van der Waals surface area contributed by atoms with Gasteiger partial charge in [-0.2, -0.15) is 5.10 Å². The van der Waals surface area contributed by atoms with Crippen molar-refractivity contribution in [1.82, 2.24) is 9.97 Å². The van der Waals surface area contributed by atoms with Crippen molar-refractivity contribution in [2.24, 2.45) is 5.10 Å². The third-order valence-electron chi connectivity index (χ3n) is 2.55. The van der Waals surface area contributed by atoms with Crippen LogP contribution in [0.2, 0.25) is 0 Å². The van der Waals surface area contributed by atoms with Gasteiger partial charge >= 0.3 is 0 Å². The molecule has 1 N–H and O–H groups in total. The van der Waals surface area contributed by atoms with Gasteiger partial charge in [0, 0.05) is 15.9 Å². The van der Waals surface area contributed by atoms with Gasteiger partial charge in [0.1, 0.15) is 0 Å². The number of aryl methyl sites for hydroxylation is 2. The van der Waals surface area contributed by atoms with E-state index in [1.54, 1.807) is 0 Å². The Morgan fingerprint density at radius 3 is 2.47 bits per heavy atom. The lowest BCUT2D eigenvalue weighted by molar-refractivity contribution is 1.03. The summed E-state index contributed by atoms with van der Waals surface area (Å²) in [5, 5.41) is 4.31. The average molecular weight is 319 g/mol. The van der Waals surface area contributed by atoms with E-state index >= 15 is 0 Å². The van der Waals surface area contributed by atoms with Gasteiger partial charge in [-0.25, -0.2) is 15.4 Å². The van der Waals surface area contributed by atoms with E-state index in [1.165, 1.54) is 0 Å². The van der Waals surface area contributed by atoms with Gasteiger partial charge in [-0.1, -0.05) is 28.1 Å². The van der Waals surface area contributed by atoms with Gasteiger partial charge in [0.25, 0.3) is 0 Å². The molecule has 0 spiro atoms. The monoisotopic (exact) mass is 318 g/mol. The molecule has 0 bridgehead atoms. The molecule has 1 heterocycles. The van der Waals surface area contributed by atoms with E-state index in [1.807, 2.05) is 51.1 Å². The van der Waals surface area contributed by atoms with Gasteiger partial charge in [-0.15, -0.1) is 0 Å². The van der Waals surface area contributed by atoms with E-state index in [2.05, 4.69) is 36.4 Å². The van der Waals surface area contributed by atoms with Crippen molar-refractivity contribution in [3.05, 3.63) is 51.8 Å². The molecule has 0 aliphatic carbocycles. The van der Waals surface area contributed by atoms with Crippen LogP contribution in [-0.4, -0.2) is 15.7 Å². The van der Waals surface area contributed by atoms with Gasteiger partial charge < -0.3 is 0 Å². The molecule has 0 fully saturated rings. The molecule has 0 radical (unpaired) electrons. The van der Waals surface area contributed by atoms with Crippen LogP contribution in [0.4, 0.5) is 5.95 Å². The van der Waals surface area contributed by atoms with Gasteiger partial charge in [-0.3, -0.25) is 0 Å². The molecule has 19 heavy (non-hydrogen) atoms. The normalized spacial score (nSPS) is 11.5. The first kappa shape index (κ1) is 13.7. The summed E-state index contributed by atoms with van der Waals surface area (Å²) in [7, 11) is 0. The van der Waals surface area contributed by atoms with E-state index in [4.69, 9.17) is 0 Å². The number of benzene rings is 1. The molecule has 0 aliphatic rings. The van der Waals surface area contributed by atoms with E-state index in [9.17, 15) is 0 Å². The van der Waals surface area contributed by atoms with Crippen molar-refractivity contribution in [2.75, 3.05) is 5.43 Å². The van der Waals surface area contributed by atoms with Crippen molar-refractivity contribution in [1.29, 1.82) is 0 Å². The standard InChI is InChI=1S/C14H15BrN4/c1-9-7-10(2)17-14(16-9)19-18-11(3)12-5-4-6-13(15)8-12/h4-8H,1-3H3,(H,16,17,19). The Balaban J connectivity index is 2.18. The Labute approximate surface area is 121 Å². The highest BCUT2D eigenvalue weighted by Crippen LogP contribution is 2.12. The summed E-state index contributed by atoms with van der Waals surface area (Å²) in [4.78, 5) is 8.56. The van der Waals surface area contributed by atoms with Gasteiger partial charge in [0.2, 0.25) is 5.95 Å². The van der Waals surface area contributed by atoms with E-state index in [0.29, 0.717) is 5.95 Å². The minimum Gasteiger partial charge on any atom is -0.245 e. The molecule has 2 rings (SSSR count). The van der Waals surface area contributed by atoms with Crippen LogP contribution in [0.1, 0.15) is 23.9 Å². The molecule has 0 saturated carbocycles. The van der Waals surface area contributed by atoms with Crippen LogP contribution < -0.4 is 5.43 Å². The lowest BCUT2D eigenvalue weighted by Gasteiger charge is -2.04. The SMILES string of the molecule is CC(=NNc1nc(C)cc(C)n1)c1cccc(Br)c1. The molecular weight excluding hydrogens is 304 g/mol. The molecule has 1 aromatic carbocycles. The van der Waals surface area contributed by atoms with Crippen molar-refractivity contribution < 1.29 is 0 Å². The second-order valence-corrected chi connectivity index (χ2v) is 5.21. The van der Waals surface area contributed by atoms with Crippen LogP contribution in [0.25, 0.3) is 0 Å². The maximum atomic E-state index is 4.31. The van der Waals surface area contributed by atoms with Crippen LogP contribution in [0.5, 0.6) is 0 Å². The molecule has 0 atom stereocenters. The first-order valence-corrected chi connectivity index (χ1v) is 6.72. The first-order chi connectivity index (χ1) is 9.04. The van der Waals surface area contributed by atoms with Gasteiger partial charge in [0.05, 0.1) is 5.71 Å². The zero-order valence-electron chi connectivity index (χ0n) is 11.1.